The van der Waals surface area contributed by atoms with Crippen LogP contribution in [0.15, 0.2) is 56.2 Å². The molecule has 1 aromatic carbocycles. The monoisotopic (exact) mass is 465 g/mol. The topological polar surface area (TPSA) is 112 Å². The molecule has 0 amide bonds. The van der Waals surface area contributed by atoms with Crippen molar-refractivity contribution in [2.45, 2.75) is 40.0 Å². The lowest BCUT2D eigenvalue weighted by Crippen LogP contribution is -2.44. The lowest BCUT2D eigenvalue weighted by atomic mass is 9.69. The molecule has 0 fully saturated rings. The molecule has 2 aliphatic rings. The maximum atomic E-state index is 13.7. The smallest absolute Gasteiger partial charge is 0.336 e. The number of carbonyl (C=O) groups excluding carboxylic acids is 3. The van der Waals surface area contributed by atoms with Crippen LogP contribution < -0.4 is 10.7 Å². The molecular formula is C26H27NO7. The highest BCUT2D eigenvalue weighted by Crippen LogP contribution is 2.45. The van der Waals surface area contributed by atoms with Gasteiger partial charge >= 0.3 is 11.9 Å². The second-order valence-electron chi connectivity index (χ2n) is 8.78. The van der Waals surface area contributed by atoms with E-state index in [2.05, 4.69) is 5.32 Å². The van der Waals surface area contributed by atoms with E-state index < -0.39 is 29.6 Å². The molecule has 0 saturated heterocycles. The second-order valence-corrected chi connectivity index (χ2v) is 8.78. The summed E-state index contributed by atoms with van der Waals surface area (Å²) in [6.07, 6.45) is 1.67. The van der Waals surface area contributed by atoms with E-state index in [1.165, 1.54) is 13.4 Å². The Morgan fingerprint density at radius 1 is 1.21 bits per heavy atom. The summed E-state index contributed by atoms with van der Waals surface area (Å²) in [7, 11) is 1.23. The Hall–Kier alpha value is -3.68. The molecule has 0 spiro atoms. The van der Waals surface area contributed by atoms with Crippen LogP contribution >= 0.6 is 0 Å². The molecule has 34 heavy (non-hydrogen) atoms. The van der Waals surface area contributed by atoms with Crippen molar-refractivity contribution >= 4 is 28.7 Å². The van der Waals surface area contributed by atoms with Crippen molar-refractivity contribution in [1.82, 2.24) is 5.32 Å². The lowest BCUT2D eigenvalue weighted by molar-refractivity contribution is -0.151. The van der Waals surface area contributed by atoms with Crippen LogP contribution in [0.1, 0.15) is 44.2 Å². The van der Waals surface area contributed by atoms with E-state index in [0.717, 1.165) is 5.56 Å². The summed E-state index contributed by atoms with van der Waals surface area (Å²) in [5.41, 5.74) is 2.47. The van der Waals surface area contributed by atoms with Gasteiger partial charge in [-0.3, -0.25) is 14.4 Å². The molecule has 0 saturated carbocycles. The SMILES string of the molecule is CCOC(=O)C1=C(C)NC2=C(C(=O)[C@H](C(=O)OC)[C@H](C)C2)[C@@H]1c1coc2ccc(C)cc2c1=O. The molecule has 0 bridgehead atoms. The Balaban J connectivity index is 1.99. The van der Waals surface area contributed by atoms with Crippen LogP contribution in [0.25, 0.3) is 11.0 Å². The maximum Gasteiger partial charge on any atom is 0.336 e. The normalized spacial score (nSPS) is 22.4. The molecule has 1 aliphatic carbocycles. The van der Waals surface area contributed by atoms with Gasteiger partial charge < -0.3 is 19.2 Å². The third-order valence-corrected chi connectivity index (χ3v) is 6.50. The van der Waals surface area contributed by atoms with Crippen molar-refractivity contribution < 1.29 is 28.3 Å². The molecule has 4 rings (SSSR count). The van der Waals surface area contributed by atoms with Gasteiger partial charge in [-0.2, -0.15) is 0 Å². The minimum absolute atomic E-state index is 0.121. The zero-order valence-electron chi connectivity index (χ0n) is 19.8. The number of hydrogen-bond donors (Lipinski definition) is 1. The van der Waals surface area contributed by atoms with Crippen molar-refractivity contribution in [3.05, 3.63) is 68.4 Å². The number of hydrogen-bond acceptors (Lipinski definition) is 8. The first-order valence-corrected chi connectivity index (χ1v) is 11.2. The molecule has 1 aromatic heterocycles. The Labute approximate surface area is 196 Å². The van der Waals surface area contributed by atoms with E-state index in [1.807, 2.05) is 13.0 Å². The average molecular weight is 466 g/mol. The molecule has 0 radical (unpaired) electrons. The Morgan fingerprint density at radius 2 is 1.94 bits per heavy atom. The zero-order chi connectivity index (χ0) is 24.7. The van der Waals surface area contributed by atoms with Crippen LogP contribution in [-0.4, -0.2) is 31.4 Å². The van der Waals surface area contributed by atoms with Crippen molar-refractivity contribution in [3.8, 4) is 0 Å². The maximum absolute atomic E-state index is 13.7. The number of esters is 2. The summed E-state index contributed by atoms with van der Waals surface area (Å²) >= 11 is 0. The van der Waals surface area contributed by atoms with Gasteiger partial charge in [0.2, 0.25) is 0 Å². The number of nitrogens with one attached hydrogen (secondary N) is 1. The third-order valence-electron chi connectivity index (χ3n) is 6.50. The van der Waals surface area contributed by atoms with Gasteiger partial charge in [-0.05, 0) is 45.2 Å². The van der Waals surface area contributed by atoms with Gasteiger partial charge in [0.05, 0.1) is 36.9 Å². The Kier molecular flexibility index (Phi) is 6.17. The number of methoxy groups -OCH3 is 1. The average Bonchev–Trinajstić information content (AvgIpc) is 2.78. The summed E-state index contributed by atoms with van der Waals surface area (Å²) in [4.78, 5) is 52.9. The molecule has 8 nitrogen and oxygen atoms in total. The standard InChI is InChI=1S/C26H27NO7/c1-6-33-26(31)20-14(4)27-17-10-13(3)19(25(30)32-5)24(29)22(17)21(20)16-11-34-18-8-7-12(2)9-15(18)23(16)28/h7-9,11,13,19,21,27H,6,10H2,1-5H3/t13-,19-,21-/m1/s1. The highest BCUT2D eigenvalue weighted by atomic mass is 16.5. The third kappa shape index (κ3) is 3.73. The first-order chi connectivity index (χ1) is 16.2. The van der Waals surface area contributed by atoms with Crippen molar-refractivity contribution in [2.75, 3.05) is 13.7 Å². The molecule has 178 valence electrons. The number of Topliss-reactive ketones (excluding diaryl/α,β-unsaturated/α-hetero) is 1. The van der Waals surface area contributed by atoms with E-state index in [0.29, 0.717) is 28.8 Å². The van der Waals surface area contributed by atoms with Gasteiger partial charge in [-0.15, -0.1) is 0 Å². The highest BCUT2D eigenvalue weighted by molar-refractivity contribution is 6.12. The van der Waals surface area contributed by atoms with E-state index in [9.17, 15) is 19.2 Å². The van der Waals surface area contributed by atoms with E-state index in [-0.39, 0.29) is 34.7 Å². The summed E-state index contributed by atoms with van der Waals surface area (Å²) in [6, 6.07) is 5.25. The van der Waals surface area contributed by atoms with E-state index in [1.54, 1.807) is 32.9 Å². The fourth-order valence-corrected chi connectivity index (χ4v) is 4.93. The quantitative estimate of drug-likeness (QED) is 0.541. The van der Waals surface area contributed by atoms with Crippen LogP contribution in [0.2, 0.25) is 0 Å². The molecule has 1 aliphatic heterocycles. The van der Waals surface area contributed by atoms with Crippen LogP contribution in [-0.2, 0) is 23.9 Å². The zero-order valence-corrected chi connectivity index (χ0v) is 19.8. The van der Waals surface area contributed by atoms with E-state index >= 15 is 0 Å². The highest BCUT2D eigenvalue weighted by Gasteiger charge is 2.48. The number of rotatable bonds is 4. The fourth-order valence-electron chi connectivity index (χ4n) is 4.93. The lowest BCUT2D eigenvalue weighted by Gasteiger charge is -2.37. The molecule has 2 aromatic rings. The Bertz CT molecular complexity index is 1330. The van der Waals surface area contributed by atoms with Gasteiger partial charge in [0.1, 0.15) is 11.5 Å². The van der Waals surface area contributed by atoms with Gasteiger partial charge in [-0.25, -0.2) is 4.79 Å². The minimum atomic E-state index is -1.04. The molecule has 2 heterocycles. The predicted molar refractivity (Wildman–Crippen MR) is 124 cm³/mol. The van der Waals surface area contributed by atoms with E-state index in [4.69, 9.17) is 13.9 Å². The second kappa shape index (κ2) is 8.93. The minimum Gasteiger partial charge on any atom is -0.468 e. The number of dihydropyridines is 1. The van der Waals surface area contributed by atoms with Crippen LogP contribution in [0.4, 0.5) is 0 Å². The van der Waals surface area contributed by atoms with Crippen molar-refractivity contribution in [3.63, 3.8) is 0 Å². The van der Waals surface area contributed by atoms with Gasteiger partial charge in [0.25, 0.3) is 0 Å². The first-order valence-electron chi connectivity index (χ1n) is 11.2. The van der Waals surface area contributed by atoms with Gasteiger partial charge in [-0.1, -0.05) is 18.6 Å². The summed E-state index contributed by atoms with van der Waals surface area (Å²) in [5.74, 6) is -4.16. The van der Waals surface area contributed by atoms with Crippen LogP contribution in [0.3, 0.4) is 0 Å². The number of carbonyl (C=O) groups is 3. The van der Waals surface area contributed by atoms with Crippen LogP contribution in [0, 0.1) is 18.8 Å². The summed E-state index contributed by atoms with van der Waals surface area (Å²) < 4.78 is 15.9. The van der Waals surface area contributed by atoms with Crippen molar-refractivity contribution in [1.29, 1.82) is 0 Å². The molecular weight excluding hydrogens is 438 g/mol. The fraction of sp³-hybridized carbons (Fsp3) is 0.385. The number of allylic oxidation sites excluding steroid dienone is 3. The first kappa shape index (κ1) is 23.5. The van der Waals surface area contributed by atoms with Crippen molar-refractivity contribution in [2.24, 2.45) is 11.8 Å². The van der Waals surface area contributed by atoms with Crippen LogP contribution in [0.5, 0.6) is 0 Å². The number of benzene rings is 1. The Morgan fingerprint density at radius 3 is 2.62 bits per heavy atom. The van der Waals surface area contributed by atoms with Gasteiger partial charge in [0, 0.05) is 22.5 Å². The molecule has 0 unspecified atom stereocenters. The van der Waals surface area contributed by atoms with Gasteiger partial charge in [0.15, 0.2) is 11.2 Å². The number of fused-ring (bicyclic) bond motifs is 1. The predicted octanol–water partition coefficient (Wildman–Crippen LogP) is 3.28. The summed E-state index contributed by atoms with van der Waals surface area (Å²) in [5, 5.41) is 3.51. The molecule has 8 heteroatoms. The molecule has 1 N–H and O–H groups in total. The summed E-state index contributed by atoms with van der Waals surface area (Å²) in [6.45, 7) is 7.16. The molecule has 3 atom stereocenters. The number of ketones is 1. The number of ether oxygens (including phenoxy) is 2. The number of aryl methyl sites for hydroxylation is 1. The largest absolute Gasteiger partial charge is 0.468 e.